The van der Waals surface area contributed by atoms with Gasteiger partial charge in [0.15, 0.2) is 0 Å². The maximum Gasteiger partial charge on any atom is 0.472 e. The van der Waals surface area contributed by atoms with Gasteiger partial charge in [-0.15, -0.1) is 0 Å². The summed E-state index contributed by atoms with van der Waals surface area (Å²) >= 11 is 0. The third kappa shape index (κ3) is 2.47. The Morgan fingerprint density at radius 3 is 2.83 bits per heavy atom. The molecule has 2 unspecified atom stereocenters. The minimum absolute atomic E-state index is 0.0657. The highest BCUT2D eigenvalue weighted by Crippen LogP contribution is 2.16. The number of nitrogens with two attached hydrogens (primary N) is 1. The molecule has 0 aliphatic carbocycles. The highest BCUT2D eigenvalue weighted by molar-refractivity contribution is 6.45. The lowest BCUT2D eigenvalue weighted by Gasteiger charge is -2.27. The molecule has 1 fully saturated rings. The Morgan fingerprint density at radius 2 is 2.33 bits per heavy atom. The molecule has 1 heterocycles. The number of carbonyl (C=O) groups is 1. The molecule has 2 atom stereocenters. The number of carboxylic acid groups (broad SMARTS) is 1. The molecular formula is C6H12BNO4. The number of carboxylic acids is 1. The molecule has 0 radical (unpaired) electrons. The first-order chi connectivity index (χ1) is 5.59. The van der Waals surface area contributed by atoms with Crippen molar-refractivity contribution in [3.8, 4) is 0 Å². The van der Waals surface area contributed by atoms with E-state index in [1.54, 1.807) is 0 Å². The van der Waals surface area contributed by atoms with Gasteiger partial charge in [0.05, 0.1) is 12.5 Å². The van der Waals surface area contributed by atoms with Gasteiger partial charge in [-0.3, -0.25) is 4.79 Å². The van der Waals surface area contributed by atoms with E-state index < -0.39 is 19.2 Å². The van der Waals surface area contributed by atoms with E-state index in [1.165, 1.54) is 0 Å². The van der Waals surface area contributed by atoms with Gasteiger partial charge in [0.1, 0.15) is 0 Å². The third-order valence-electron chi connectivity index (χ3n) is 1.92. The fourth-order valence-corrected chi connectivity index (χ4v) is 1.23. The van der Waals surface area contributed by atoms with Crippen LogP contribution in [-0.4, -0.2) is 35.3 Å². The van der Waals surface area contributed by atoms with Crippen LogP contribution in [0.15, 0.2) is 0 Å². The van der Waals surface area contributed by atoms with Crippen molar-refractivity contribution in [1.82, 2.24) is 0 Å². The van der Waals surface area contributed by atoms with Crippen LogP contribution in [-0.2, 0) is 9.45 Å². The summed E-state index contributed by atoms with van der Waals surface area (Å²) in [5, 5.41) is 17.5. The van der Waals surface area contributed by atoms with Gasteiger partial charge >= 0.3 is 13.1 Å². The molecule has 1 saturated heterocycles. The van der Waals surface area contributed by atoms with Crippen molar-refractivity contribution in [3.63, 3.8) is 0 Å². The van der Waals surface area contributed by atoms with Gasteiger partial charge in [0, 0.05) is 5.94 Å². The van der Waals surface area contributed by atoms with Gasteiger partial charge in [0.25, 0.3) is 0 Å². The second kappa shape index (κ2) is 3.89. The molecule has 0 spiro atoms. The Hall–Kier alpha value is -0.585. The van der Waals surface area contributed by atoms with E-state index in [0.29, 0.717) is 12.8 Å². The topological polar surface area (TPSA) is 92.8 Å². The molecule has 0 amide bonds. The van der Waals surface area contributed by atoms with Gasteiger partial charge in [-0.05, 0) is 12.8 Å². The molecule has 5 nitrogen and oxygen atoms in total. The summed E-state index contributed by atoms with van der Waals surface area (Å²) in [6, 6.07) is 0. The summed E-state index contributed by atoms with van der Waals surface area (Å²) in [5.74, 6) is -1.29. The molecular weight excluding hydrogens is 161 g/mol. The summed E-state index contributed by atoms with van der Waals surface area (Å²) in [7, 11) is -1.01. The minimum atomic E-state index is -1.01. The van der Waals surface area contributed by atoms with Gasteiger partial charge in [-0.25, -0.2) is 0 Å². The molecule has 0 aromatic rings. The van der Waals surface area contributed by atoms with Crippen LogP contribution in [0.2, 0.25) is 0 Å². The fourth-order valence-electron chi connectivity index (χ4n) is 1.23. The van der Waals surface area contributed by atoms with Crippen molar-refractivity contribution >= 4 is 13.1 Å². The van der Waals surface area contributed by atoms with Crippen LogP contribution in [0.25, 0.3) is 0 Å². The molecule has 1 rings (SSSR count). The zero-order chi connectivity index (χ0) is 9.14. The molecule has 0 saturated carbocycles. The molecule has 68 valence electrons. The number of rotatable bonds is 2. The average molecular weight is 173 g/mol. The van der Waals surface area contributed by atoms with E-state index in [4.69, 9.17) is 20.5 Å². The van der Waals surface area contributed by atoms with Crippen LogP contribution < -0.4 is 5.73 Å². The highest BCUT2D eigenvalue weighted by Gasteiger charge is 2.33. The zero-order valence-corrected chi connectivity index (χ0v) is 6.64. The summed E-state index contributed by atoms with van der Waals surface area (Å²) in [5.41, 5.74) is 5.45. The largest absolute Gasteiger partial charge is 0.481 e. The Balaban J connectivity index is 2.35. The standard InChI is InChI=1S/C6H12BNO4/c8-5-2-1-4(3-6(9)10)12-7(5)11/h4-5,11H,1-3,8H2,(H,9,10). The van der Waals surface area contributed by atoms with E-state index >= 15 is 0 Å². The summed E-state index contributed by atoms with van der Waals surface area (Å²) in [6.45, 7) is 0. The van der Waals surface area contributed by atoms with E-state index in [1.807, 2.05) is 0 Å². The van der Waals surface area contributed by atoms with Crippen LogP contribution in [0.3, 0.4) is 0 Å². The Morgan fingerprint density at radius 1 is 1.67 bits per heavy atom. The van der Waals surface area contributed by atoms with Crippen molar-refractivity contribution in [2.45, 2.75) is 31.3 Å². The van der Waals surface area contributed by atoms with Crippen LogP contribution in [0.5, 0.6) is 0 Å². The SMILES string of the molecule is NC1CCC(CC(=O)O)OB1O. The molecule has 4 N–H and O–H groups in total. The molecule has 1 aliphatic rings. The third-order valence-corrected chi connectivity index (χ3v) is 1.92. The lowest BCUT2D eigenvalue weighted by atomic mass is 9.73. The number of hydrogen-bond donors (Lipinski definition) is 3. The fraction of sp³-hybridized carbons (Fsp3) is 0.833. The summed E-state index contributed by atoms with van der Waals surface area (Å²) < 4.78 is 4.96. The quantitative estimate of drug-likeness (QED) is 0.465. The predicted molar refractivity (Wildman–Crippen MR) is 42.3 cm³/mol. The summed E-state index contributed by atoms with van der Waals surface area (Å²) in [6.07, 6.45) is 0.755. The molecule has 0 bridgehead atoms. The Labute approximate surface area is 70.7 Å². The molecule has 0 aromatic carbocycles. The van der Waals surface area contributed by atoms with E-state index in [0.717, 1.165) is 0 Å². The minimum Gasteiger partial charge on any atom is -0.481 e. The second-order valence-corrected chi connectivity index (χ2v) is 2.99. The summed E-state index contributed by atoms with van der Waals surface area (Å²) in [4.78, 5) is 10.3. The Bertz CT molecular complexity index is 177. The predicted octanol–water partition coefficient (Wildman–Crippen LogP) is -1.01. The van der Waals surface area contributed by atoms with Crippen molar-refractivity contribution in [3.05, 3.63) is 0 Å². The molecule has 0 aromatic heterocycles. The molecule has 12 heavy (non-hydrogen) atoms. The normalized spacial score (nSPS) is 30.3. The van der Waals surface area contributed by atoms with Gasteiger partial charge in [-0.2, -0.15) is 0 Å². The van der Waals surface area contributed by atoms with Crippen molar-refractivity contribution in [2.75, 3.05) is 0 Å². The number of hydrogen-bond acceptors (Lipinski definition) is 4. The average Bonchev–Trinajstić information content (AvgIpc) is 1.96. The van der Waals surface area contributed by atoms with Gasteiger partial charge < -0.3 is 20.5 Å². The smallest absolute Gasteiger partial charge is 0.472 e. The van der Waals surface area contributed by atoms with Crippen LogP contribution in [0.4, 0.5) is 0 Å². The first kappa shape index (κ1) is 9.50. The molecule has 6 heteroatoms. The highest BCUT2D eigenvalue weighted by atomic mass is 16.5. The monoisotopic (exact) mass is 173 g/mol. The lowest BCUT2D eigenvalue weighted by molar-refractivity contribution is -0.139. The van der Waals surface area contributed by atoms with E-state index in [2.05, 4.69) is 0 Å². The van der Waals surface area contributed by atoms with Crippen molar-refractivity contribution < 1.29 is 19.6 Å². The van der Waals surface area contributed by atoms with E-state index in [-0.39, 0.29) is 12.4 Å². The maximum atomic E-state index is 10.3. The maximum absolute atomic E-state index is 10.3. The van der Waals surface area contributed by atoms with Crippen LogP contribution >= 0.6 is 0 Å². The Kier molecular flexibility index (Phi) is 3.08. The van der Waals surface area contributed by atoms with Gasteiger partial charge in [-0.1, -0.05) is 0 Å². The second-order valence-electron chi connectivity index (χ2n) is 2.99. The van der Waals surface area contributed by atoms with Crippen molar-refractivity contribution in [2.24, 2.45) is 5.73 Å². The number of aliphatic carboxylic acids is 1. The first-order valence-electron chi connectivity index (χ1n) is 3.90. The van der Waals surface area contributed by atoms with Crippen LogP contribution in [0.1, 0.15) is 19.3 Å². The molecule has 1 aliphatic heterocycles. The zero-order valence-electron chi connectivity index (χ0n) is 6.64. The lowest BCUT2D eigenvalue weighted by Crippen LogP contribution is -2.48. The van der Waals surface area contributed by atoms with Crippen molar-refractivity contribution in [1.29, 1.82) is 0 Å². The van der Waals surface area contributed by atoms with E-state index in [9.17, 15) is 4.79 Å². The first-order valence-corrected chi connectivity index (χ1v) is 3.90. The van der Waals surface area contributed by atoms with Gasteiger partial charge in [0.2, 0.25) is 0 Å². The van der Waals surface area contributed by atoms with Crippen LogP contribution in [0, 0.1) is 0 Å².